The van der Waals surface area contributed by atoms with Gasteiger partial charge in [-0.25, -0.2) is 4.68 Å². The van der Waals surface area contributed by atoms with Crippen molar-refractivity contribution < 1.29 is 4.79 Å². The summed E-state index contributed by atoms with van der Waals surface area (Å²) in [5.41, 5.74) is 1.91. The van der Waals surface area contributed by atoms with Gasteiger partial charge in [0.1, 0.15) is 0 Å². The van der Waals surface area contributed by atoms with Crippen molar-refractivity contribution in [1.29, 1.82) is 0 Å². The molecule has 0 aliphatic rings. The summed E-state index contributed by atoms with van der Waals surface area (Å²) in [7, 11) is 0. The molecule has 0 fully saturated rings. The lowest BCUT2D eigenvalue weighted by Gasteiger charge is -2.02. The van der Waals surface area contributed by atoms with Gasteiger partial charge in [0.2, 0.25) is 0 Å². The molecule has 98 valence electrons. The molecule has 2 heterocycles. The first-order valence-corrected chi connectivity index (χ1v) is 6.15. The normalized spacial score (nSPS) is 10.2. The molecule has 3 rings (SSSR count). The third kappa shape index (κ3) is 2.56. The first-order valence-electron chi connectivity index (χ1n) is 6.15. The second-order valence-electron chi connectivity index (χ2n) is 4.18. The Balaban J connectivity index is 1.79. The Bertz CT molecular complexity index is 707. The summed E-state index contributed by atoms with van der Waals surface area (Å²) in [6.07, 6.45) is 5.00. The van der Waals surface area contributed by atoms with Crippen molar-refractivity contribution in [1.82, 2.24) is 14.8 Å². The van der Waals surface area contributed by atoms with Gasteiger partial charge in [-0.1, -0.05) is 18.2 Å². The van der Waals surface area contributed by atoms with E-state index in [1.807, 2.05) is 30.3 Å². The van der Waals surface area contributed by atoms with Gasteiger partial charge >= 0.3 is 0 Å². The number of pyridine rings is 1. The standard InChI is InChI=1S/C15H12N4O/c20-15(17-12-5-4-9-16-11-12)14-8-10-19(18-14)13-6-2-1-3-7-13/h1-11H,(H,17,20). The summed E-state index contributed by atoms with van der Waals surface area (Å²) in [5, 5.41) is 7.01. The number of carbonyl (C=O) groups excluding carboxylic acids is 1. The van der Waals surface area contributed by atoms with E-state index in [2.05, 4.69) is 15.4 Å². The van der Waals surface area contributed by atoms with Crippen molar-refractivity contribution in [2.45, 2.75) is 0 Å². The number of hydrogen-bond donors (Lipinski definition) is 1. The van der Waals surface area contributed by atoms with Crippen LogP contribution in [-0.4, -0.2) is 20.7 Å². The van der Waals surface area contributed by atoms with Crippen molar-refractivity contribution in [2.24, 2.45) is 0 Å². The maximum absolute atomic E-state index is 12.0. The number of nitrogens with one attached hydrogen (secondary N) is 1. The summed E-state index contributed by atoms with van der Waals surface area (Å²) in [5.74, 6) is -0.257. The van der Waals surface area contributed by atoms with Crippen LogP contribution in [0.5, 0.6) is 0 Å². The average molecular weight is 264 g/mol. The molecule has 1 amide bonds. The summed E-state index contributed by atoms with van der Waals surface area (Å²) in [6, 6.07) is 14.9. The van der Waals surface area contributed by atoms with Crippen molar-refractivity contribution >= 4 is 11.6 Å². The summed E-state index contributed by atoms with van der Waals surface area (Å²) < 4.78 is 1.66. The van der Waals surface area contributed by atoms with E-state index in [0.717, 1.165) is 5.69 Å². The zero-order chi connectivity index (χ0) is 13.8. The van der Waals surface area contributed by atoms with E-state index < -0.39 is 0 Å². The molecule has 0 aliphatic heterocycles. The molecular weight excluding hydrogens is 252 g/mol. The SMILES string of the molecule is O=C(Nc1cccnc1)c1ccn(-c2ccccc2)n1. The van der Waals surface area contributed by atoms with Gasteiger partial charge in [-0.15, -0.1) is 0 Å². The zero-order valence-corrected chi connectivity index (χ0v) is 10.6. The molecular formula is C15H12N4O. The first kappa shape index (κ1) is 12.1. The molecule has 0 saturated carbocycles. The minimum atomic E-state index is -0.257. The number of para-hydroxylation sites is 1. The Kier molecular flexibility index (Phi) is 3.24. The largest absolute Gasteiger partial charge is 0.319 e. The molecule has 5 nitrogen and oxygen atoms in total. The lowest BCUT2D eigenvalue weighted by molar-refractivity contribution is 0.102. The van der Waals surface area contributed by atoms with Gasteiger partial charge in [0, 0.05) is 12.4 Å². The number of hydrogen-bond acceptors (Lipinski definition) is 3. The maximum atomic E-state index is 12.0. The van der Waals surface area contributed by atoms with Gasteiger partial charge in [-0.2, -0.15) is 5.10 Å². The molecule has 0 bridgehead atoms. The van der Waals surface area contributed by atoms with Crippen LogP contribution in [0, 0.1) is 0 Å². The van der Waals surface area contributed by atoms with Crippen LogP contribution in [0.2, 0.25) is 0 Å². The van der Waals surface area contributed by atoms with E-state index in [1.165, 1.54) is 0 Å². The third-order valence-electron chi connectivity index (χ3n) is 2.76. The van der Waals surface area contributed by atoms with E-state index in [1.54, 1.807) is 41.5 Å². The number of aromatic nitrogens is 3. The predicted octanol–water partition coefficient (Wildman–Crippen LogP) is 2.52. The van der Waals surface area contributed by atoms with Gasteiger partial charge in [-0.3, -0.25) is 9.78 Å². The molecule has 0 atom stereocenters. The Hall–Kier alpha value is -2.95. The van der Waals surface area contributed by atoms with Crippen molar-refractivity contribution in [3.8, 4) is 5.69 Å². The Labute approximate surface area is 115 Å². The Morgan fingerprint density at radius 1 is 1.05 bits per heavy atom. The molecule has 1 aromatic carbocycles. The van der Waals surface area contributed by atoms with Crippen LogP contribution in [0.4, 0.5) is 5.69 Å². The number of nitrogens with zero attached hydrogens (tertiary/aromatic N) is 3. The highest BCUT2D eigenvalue weighted by molar-refractivity contribution is 6.02. The number of benzene rings is 1. The minimum absolute atomic E-state index is 0.257. The Morgan fingerprint density at radius 2 is 1.90 bits per heavy atom. The molecule has 0 aliphatic carbocycles. The number of rotatable bonds is 3. The quantitative estimate of drug-likeness (QED) is 0.790. The monoisotopic (exact) mass is 264 g/mol. The van der Waals surface area contributed by atoms with Crippen LogP contribution in [-0.2, 0) is 0 Å². The Morgan fingerprint density at radius 3 is 2.65 bits per heavy atom. The van der Waals surface area contributed by atoms with E-state index in [0.29, 0.717) is 11.4 Å². The van der Waals surface area contributed by atoms with Gasteiger partial charge in [-0.05, 0) is 30.3 Å². The molecule has 0 spiro atoms. The van der Waals surface area contributed by atoms with Crippen LogP contribution in [0.15, 0.2) is 67.1 Å². The summed E-state index contributed by atoms with van der Waals surface area (Å²) in [6.45, 7) is 0. The highest BCUT2D eigenvalue weighted by Crippen LogP contribution is 2.09. The fraction of sp³-hybridized carbons (Fsp3) is 0. The molecule has 2 aromatic heterocycles. The molecule has 0 radical (unpaired) electrons. The second-order valence-corrected chi connectivity index (χ2v) is 4.18. The van der Waals surface area contributed by atoms with Gasteiger partial charge < -0.3 is 5.32 Å². The first-order chi connectivity index (χ1) is 9.83. The summed E-state index contributed by atoms with van der Waals surface area (Å²) in [4.78, 5) is 16.0. The van der Waals surface area contributed by atoms with Crippen LogP contribution < -0.4 is 5.32 Å². The average Bonchev–Trinajstić information content (AvgIpc) is 2.99. The third-order valence-corrected chi connectivity index (χ3v) is 2.76. The lowest BCUT2D eigenvalue weighted by atomic mass is 10.3. The zero-order valence-electron chi connectivity index (χ0n) is 10.6. The van der Waals surface area contributed by atoms with E-state index >= 15 is 0 Å². The molecule has 1 N–H and O–H groups in total. The van der Waals surface area contributed by atoms with Crippen molar-refractivity contribution in [2.75, 3.05) is 5.32 Å². The smallest absolute Gasteiger partial charge is 0.276 e. The van der Waals surface area contributed by atoms with E-state index in [4.69, 9.17) is 0 Å². The predicted molar refractivity (Wildman–Crippen MR) is 75.8 cm³/mol. The lowest BCUT2D eigenvalue weighted by Crippen LogP contribution is -2.13. The van der Waals surface area contributed by atoms with Crippen LogP contribution in [0.1, 0.15) is 10.5 Å². The molecule has 3 aromatic rings. The molecule has 0 saturated heterocycles. The second kappa shape index (κ2) is 5.36. The van der Waals surface area contributed by atoms with E-state index in [-0.39, 0.29) is 5.91 Å². The van der Waals surface area contributed by atoms with Crippen LogP contribution >= 0.6 is 0 Å². The van der Waals surface area contributed by atoms with E-state index in [9.17, 15) is 4.79 Å². The topological polar surface area (TPSA) is 59.8 Å². The van der Waals surface area contributed by atoms with Gasteiger partial charge in [0.15, 0.2) is 5.69 Å². The fourth-order valence-corrected chi connectivity index (χ4v) is 1.80. The maximum Gasteiger partial charge on any atom is 0.276 e. The minimum Gasteiger partial charge on any atom is -0.319 e. The molecule has 0 unspecified atom stereocenters. The summed E-state index contributed by atoms with van der Waals surface area (Å²) >= 11 is 0. The highest BCUT2D eigenvalue weighted by Gasteiger charge is 2.10. The van der Waals surface area contributed by atoms with Crippen LogP contribution in [0.3, 0.4) is 0 Å². The van der Waals surface area contributed by atoms with Crippen LogP contribution in [0.25, 0.3) is 5.69 Å². The fourth-order valence-electron chi connectivity index (χ4n) is 1.80. The number of carbonyl (C=O) groups is 1. The van der Waals surface area contributed by atoms with Crippen molar-refractivity contribution in [3.05, 3.63) is 72.8 Å². The van der Waals surface area contributed by atoms with Crippen molar-refractivity contribution in [3.63, 3.8) is 0 Å². The number of amides is 1. The van der Waals surface area contributed by atoms with Gasteiger partial charge in [0.05, 0.1) is 17.6 Å². The van der Waals surface area contributed by atoms with Gasteiger partial charge in [0.25, 0.3) is 5.91 Å². The molecule has 20 heavy (non-hydrogen) atoms. The highest BCUT2D eigenvalue weighted by atomic mass is 16.1. The molecule has 5 heteroatoms. The number of anilines is 1.